The highest BCUT2D eigenvalue weighted by molar-refractivity contribution is 6.35. The standard InChI is InChI=1S/C19H32BN/c1-5-6-10-16(2)13-14-17(3)21-19(20-4)15-18-11-8-7-9-12-18/h7-9,11-12,14,16,19-21H,5-6,10,13,15H2,1-4H3/b17-14+. The van der Waals surface area contributed by atoms with Crippen molar-refractivity contribution in [3.63, 3.8) is 0 Å². The third kappa shape index (κ3) is 7.99. The van der Waals surface area contributed by atoms with Crippen molar-refractivity contribution in [1.82, 2.24) is 5.32 Å². The van der Waals surface area contributed by atoms with E-state index < -0.39 is 0 Å². The molecule has 2 unspecified atom stereocenters. The first-order valence-corrected chi connectivity index (χ1v) is 8.62. The lowest BCUT2D eigenvalue weighted by Gasteiger charge is -2.19. The highest BCUT2D eigenvalue weighted by atomic mass is 14.9. The summed E-state index contributed by atoms with van der Waals surface area (Å²) in [7, 11) is 1.16. The van der Waals surface area contributed by atoms with Crippen molar-refractivity contribution >= 4 is 7.28 Å². The van der Waals surface area contributed by atoms with E-state index in [9.17, 15) is 0 Å². The van der Waals surface area contributed by atoms with E-state index in [1.54, 1.807) is 0 Å². The Morgan fingerprint density at radius 3 is 2.62 bits per heavy atom. The molecule has 0 spiro atoms. The van der Waals surface area contributed by atoms with Crippen molar-refractivity contribution in [3.05, 3.63) is 47.7 Å². The fraction of sp³-hybridized carbons (Fsp3) is 0.579. The Balaban J connectivity index is 2.41. The van der Waals surface area contributed by atoms with E-state index in [2.05, 4.69) is 69.3 Å². The smallest absolute Gasteiger partial charge is 0.146 e. The summed E-state index contributed by atoms with van der Waals surface area (Å²) in [5.41, 5.74) is 2.75. The van der Waals surface area contributed by atoms with Crippen LogP contribution in [0.2, 0.25) is 6.82 Å². The largest absolute Gasteiger partial charge is 0.393 e. The summed E-state index contributed by atoms with van der Waals surface area (Å²) in [6.07, 6.45) is 8.69. The zero-order chi connectivity index (χ0) is 15.5. The maximum absolute atomic E-state index is 3.69. The third-order valence-corrected chi connectivity index (χ3v) is 4.13. The van der Waals surface area contributed by atoms with Crippen molar-refractivity contribution < 1.29 is 0 Å². The number of benzene rings is 1. The fourth-order valence-corrected chi connectivity index (χ4v) is 2.63. The Morgan fingerprint density at radius 2 is 2.00 bits per heavy atom. The molecule has 0 heterocycles. The summed E-state index contributed by atoms with van der Waals surface area (Å²) >= 11 is 0. The maximum Gasteiger partial charge on any atom is 0.146 e. The van der Waals surface area contributed by atoms with E-state index in [1.807, 2.05) is 0 Å². The van der Waals surface area contributed by atoms with E-state index in [-0.39, 0.29) is 0 Å². The Kier molecular flexibility index (Phi) is 8.97. The Labute approximate surface area is 132 Å². The Morgan fingerprint density at radius 1 is 1.29 bits per heavy atom. The molecular weight excluding hydrogens is 253 g/mol. The van der Waals surface area contributed by atoms with Gasteiger partial charge in [-0.2, -0.15) is 0 Å². The van der Waals surface area contributed by atoms with E-state index in [4.69, 9.17) is 0 Å². The Bertz CT molecular complexity index is 399. The highest BCUT2D eigenvalue weighted by Crippen LogP contribution is 2.13. The van der Waals surface area contributed by atoms with Gasteiger partial charge >= 0.3 is 0 Å². The van der Waals surface area contributed by atoms with Crippen molar-refractivity contribution in [3.8, 4) is 0 Å². The Hall–Kier alpha value is -1.18. The van der Waals surface area contributed by atoms with Crippen molar-refractivity contribution in [2.24, 2.45) is 5.92 Å². The van der Waals surface area contributed by atoms with Crippen LogP contribution in [0.15, 0.2) is 42.1 Å². The lowest BCUT2D eigenvalue weighted by molar-refractivity contribution is 0.509. The molecule has 0 amide bonds. The number of nitrogens with one attached hydrogen (secondary N) is 1. The van der Waals surface area contributed by atoms with Crippen LogP contribution in [0, 0.1) is 5.92 Å². The van der Waals surface area contributed by atoms with Crippen LogP contribution in [-0.4, -0.2) is 13.2 Å². The topological polar surface area (TPSA) is 12.0 Å². The normalized spacial score (nSPS) is 14.6. The molecule has 0 fully saturated rings. The predicted molar refractivity (Wildman–Crippen MR) is 97.1 cm³/mol. The van der Waals surface area contributed by atoms with Crippen LogP contribution in [0.25, 0.3) is 0 Å². The van der Waals surface area contributed by atoms with Gasteiger partial charge in [-0.15, -0.1) is 0 Å². The molecule has 1 nitrogen and oxygen atoms in total. The molecule has 2 heteroatoms. The summed E-state index contributed by atoms with van der Waals surface area (Å²) in [6, 6.07) is 10.8. The molecular formula is C19H32BN. The molecule has 0 aliphatic heterocycles. The quantitative estimate of drug-likeness (QED) is 0.612. The lowest BCUT2D eigenvalue weighted by atomic mass is 9.70. The average molecular weight is 285 g/mol. The van der Waals surface area contributed by atoms with Crippen molar-refractivity contribution in [2.45, 2.75) is 65.6 Å². The zero-order valence-electron chi connectivity index (χ0n) is 14.4. The van der Waals surface area contributed by atoms with E-state index >= 15 is 0 Å². The van der Waals surface area contributed by atoms with Gasteiger partial charge in [-0.1, -0.05) is 76.3 Å². The number of hydrogen-bond donors (Lipinski definition) is 1. The molecule has 0 saturated carbocycles. The maximum atomic E-state index is 3.69. The van der Waals surface area contributed by atoms with Gasteiger partial charge in [-0.3, -0.25) is 0 Å². The summed E-state index contributed by atoms with van der Waals surface area (Å²) in [5, 5.41) is 3.69. The zero-order valence-corrected chi connectivity index (χ0v) is 14.4. The highest BCUT2D eigenvalue weighted by Gasteiger charge is 2.08. The summed E-state index contributed by atoms with van der Waals surface area (Å²) < 4.78 is 0. The monoisotopic (exact) mass is 285 g/mol. The summed E-state index contributed by atoms with van der Waals surface area (Å²) in [4.78, 5) is 0. The minimum absolute atomic E-state index is 0.537. The minimum Gasteiger partial charge on any atom is -0.393 e. The van der Waals surface area contributed by atoms with Gasteiger partial charge in [-0.25, -0.2) is 0 Å². The van der Waals surface area contributed by atoms with Gasteiger partial charge in [0.15, 0.2) is 0 Å². The summed E-state index contributed by atoms with van der Waals surface area (Å²) in [5.74, 6) is 1.34. The lowest BCUT2D eigenvalue weighted by Crippen LogP contribution is -2.34. The summed E-state index contributed by atoms with van der Waals surface area (Å²) in [6.45, 7) is 9.10. The van der Waals surface area contributed by atoms with Gasteiger partial charge in [0.2, 0.25) is 0 Å². The van der Waals surface area contributed by atoms with Gasteiger partial charge in [0, 0.05) is 11.6 Å². The number of allylic oxidation sites excluding steroid dienone is 2. The molecule has 0 saturated heterocycles. The molecule has 0 radical (unpaired) electrons. The second-order valence-corrected chi connectivity index (χ2v) is 6.31. The minimum atomic E-state index is 0.537. The number of hydrogen-bond acceptors (Lipinski definition) is 1. The molecule has 1 N–H and O–H groups in total. The first-order valence-electron chi connectivity index (χ1n) is 8.62. The number of unbranched alkanes of at least 4 members (excludes halogenated alkanes) is 1. The van der Waals surface area contributed by atoms with Gasteiger partial charge in [0.05, 0.1) is 0 Å². The second kappa shape index (κ2) is 10.5. The van der Waals surface area contributed by atoms with Crippen LogP contribution in [0.5, 0.6) is 0 Å². The van der Waals surface area contributed by atoms with Gasteiger partial charge in [0.25, 0.3) is 0 Å². The van der Waals surface area contributed by atoms with Crippen LogP contribution >= 0.6 is 0 Å². The molecule has 0 aliphatic rings. The molecule has 0 aliphatic carbocycles. The molecule has 1 aromatic rings. The van der Waals surface area contributed by atoms with Gasteiger partial charge < -0.3 is 5.32 Å². The van der Waals surface area contributed by atoms with Crippen LogP contribution < -0.4 is 5.32 Å². The van der Waals surface area contributed by atoms with Gasteiger partial charge in [-0.05, 0) is 31.2 Å². The van der Waals surface area contributed by atoms with Crippen LogP contribution in [0.1, 0.15) is 52.0 Å². The van der Waals surface area contributed by atoms with E-state index in [0.29, 0.717) is 5.94 Å². The van der Waals surface area contributed by atoms with Crippen LogP contribution in [0.4, 0.5) is 0 Å². The molecule has 116 valence electrons. The molecule has 2 atom stereocenters. The average Bonchev–Trinajstić information content (AvgIpc) is 2.51. The molecule has 1 rings (SSSR count). The molecule has 0 bridgehead atoms. The van der Waals surface area contributed by atoms with Gasteiger partial charge in [0.1, 0.15) is 7.28 Å². The first-order chi connectivity index (χ1) is 10.2. The predicted octanol–water partition coefficient (Wildman–Crippen LogP) is 4.75. The van der Waals surface area contributed by atoms with E-state index in [0.717, 1.165) is 19.6 Å². The van der Waals surface area contributed by atoms with Crippen LogP contribution in [0.3, 0.4) is 0 Å². The van der Waals surface area contributed by atoms with Crippen LogP contribution in [-0.2, 0) is 6.42 Å². The van der Waals surface area contributed by atoms with Crippen molar-refractivity contribution in [1.29, 1.82) is 0 Å². The third-order valence-electron chi connectivity index (χ3n) is 4.13. The molecule has 21 heavy (non-hydrogen) atoms. The SMILES string of the molecule is CBC(Cc1ccccc1)N/C(C)=C/CC(C)CCCC. The van der Waals surface area contributed by atoms with Crippen molar-refractivity contribution in [2.75, 3.05) is 0 Å². The molecule has 0 aromatic heterocycles. The first kappa shape index (κ1) is 17.9. The molecule has 1 aromatic carbocycles. The van der Waals surface area contributed by atoms with E-state index in [1.165, 1.54) is 36.9 Å². The number of rotatable bonds is 10. The fourth-order valence-electron chi connectivity index (χ4n) is 2.63. The second-order valence-electron chi connectivity index (χ2n) is 6.31.